The van der Waals surface area contributed by atoms with Gasteiger partial charge >= 0.3 is 0 Å². The highest BCUT2D eigenvalue weighted by Gasteiger charge is 2.30. The monoisotopic (exact) mass is 312 g/mol. The van der Waals surface area contributed by atoms with E-state index >= 15 is 0 Å². The zero-order valence-electron chi connectivity index (χ0n) is 13.4. The van der Waals surface area contributed by atoms with Gasteiger partial charge in [0.15, 0.2) is 11.5 Å². The largest absolute Gasteiger partial charge is 0.454 e. The van der Waals surface area contributed by atoms with Crippen molar-refractivity contribution in [3.05, 3.63) is 29.3 Å². The number of rotatable bonds is 2. The summed E-state index contributed by atoms with van der Waals surface area (Å²) in [5, 5.41) is 9.43. The van der Waals surface area contributed by atoms with Gasteiger partial charge in [0.25, 0.3) is 5.91 Å². The molecule has 0 spiro atoms. The van der Waals surface area contributed by atoms with Gasteiger partial charge in [-0.05, 0) is 56.9 Å². The number of nitriles is 1. The van der Waals surface area contributed by atoms with E-state index in [1.807, 2.05) is 24.8 Å². The Morgan fingerprint density at radius 3 is 2.65 bits per heavy atom. The Kier molecular flexibility index (Phi) is 4.24. The first-order valence-electron chi connectivity index (χ1n) is 7.94. The van der Waals surface area contributed by atoms with E-state index in [1.165, 1.54) is 0 Å². The number of carbonyl (C=O) groups excluding carboxylic acids is 1. The summed E-state index contributed by atoms with van der Waals surface area (Å²) in [6.45, 7) is 4.29. The molecule has 3 rings (SSSR count). The molecule has 5 nitrogen and oxygen atoms in total. The fourth-order valence-corrected chi connectivity index (χ4v) is 3.27. The second-order valence-corrected chi connectivity index (χ2v) is 6.12. The van der Waals surface area contributed by atoms with Crippen molar-refractivity contribution in [3.8, 4) is 17.6 Å². The van der Waals surface area contributed by atoms with Crippen molar-refractivity contribution >= 4 is 12.0 Å². The lowest BCUT2D eigenvalue weighted by Gasteiger charge is -2.38. The molecule has 0 aromatic heterocycles. The lowest BCUT2D eigenvalue weighted by molar-refractivity contribution is -0.132. The van der Waals surface area contributed by atoms with Crippen LogP contribution >= 0.6 is 0 Å². The fraction of sp³-hybridized carbons (Fsp3) is 0.444. The lowest BCUT2D eigenvalue weighted by Crippen LogP contribution is -2.47. The lowest BCUT2D eigenvalue weighted by atomic mass is 9.96. The first-order valence-corrected chi connectivity index (χ1v) is 7.94. The van der Waals surface area contributed by atoms with E-state index in [4.69, 9.17) is 9.47 Å². The van der Waals surface area contributed by atoms with Gasteiger partial charge in [-0.3, -0.25) is 4.79 Å². The Balaban J connectivity index is 1.87. The summed E-state index contributed by atoms with van der Waals surface area (Å²) in [6.07, 6.45) is 4.72. The summed E-state index contributed by atoms with van der Waals surface area (Å²) in [7, 11) is 0. The van der Waals surface area contributed by atoms with Crippen LogP contribution in [0.1, 0.15) is 38.7 Å². The number of piperidine rings is 1. The van der Waals surface area contributed by atoms with Gasteiger partial charge in [-0.1, -0.05) is 6.07 Å². The normalized spacial score (nSPS) is 23.5. The second kappa shape index (κ2) is 6.33. The molecule has 0 radical (unpaired) electrons. The van der Waals surface area contributed by atoms with Gasteiger partial charge in [0.2, 0.25) is 6.79 Å². The molecule has 2 unspecified atom stereocenters. The van der Waals surface area contributed by atoms with E-state index in [0.29, 0.717) is 11.5 Å². The average molecular weight is 312 g/mol. The summed E-state index contributed by atoms with van der Waals surface area (Å²) in [4.78, 5) is 14.6. The summed E-state index contributed by atoms with van der Waals surface area (Å²) in [5.74, 6) is 1.14. The molecule has 1 aromatic rings. The van der Waals surface area contributed by atoms with Crippen LogP contribution in [0, 0.1) is 11.3 Å². The Morgan fingerprint density at radius 2 is 1.96 bits per heavy atom. The molecule has 5 heteroatoms. The zero-order chi connectivity index (χ0) is 16.4. The van der Waals surface area contributed by atoms with E-state index in [0.717, 1.165) is 24.8 Å². The van der Waals surface area contributed by atoms with Crippen LogP contribution in [0.2, 0.25) is 0 Å². The van der Waals surface area contributed by atoms with Crippen LogP contribution in [0.25, 0.3) is 6.08 Å². The molecule has 23 heavy (non-hydrogen) atoms. The number of carbonyl (C=O) groups is 1. The van der Waals surface area contributed by atoms with Crippen molar-refractivity contribution in [3.63, 3.8) is 0 Å². The van der Waals surface area contributed by atoms with E-state index in [-0.39, 0.29) is 30.4 Å². The summed E-state index contributed by atoms with van der Waals surface area (Å²) >= 11 is 0. The quantitative estimate of drug-likeness (QED) is 0.622. The Morgan fingerprint density at radius 1 is 1.26 bits per heavy atom. The molecular formula is C18H20N2O3. The first-order chi connectivity index (χ1) is 11.1. The number of hydrogen-bond donors (Lipinski definition) is 0. The van der Waals surface area contributed by atoms with Crippen molar-refractivity contribution in [1.82, 2.24) is 4.90 Å². The van der Waals surface area contributed by atoms with Crippen molar-refractivity contribution in [2.45, 2.75) is 45.2 Å². The van der Waals surface area contributed by atoms with Crippen LogP contribution in [-0.4, -0.2) is 29.7 Å². The fourth-order valence-electron chi connectivity index (χ4n) is 3.27. The topological polar surface area (TPSA) is 62.6 Å². The van der Waals surface area contributed by atoms with E-state index in [9.17, 15) is 10.1 Å². The van der Waals surface area contributed by atoms with E-state index < -0.39 is 0 Å². The third kappa shape index (κ3) is 3.02. The van der Waals surface area contributed by atoms with Crippen LogP contribution in [-0.2, 0) is 4.79 Å². The number of benzene rings is 1. The predicted octanol–water partition coefficient (Wildman–Crippen LogP) is 3.11. The second-order valence-electron chi connectivity index (χ2n) is 6.12. The molecule has 0 aliphatic carbocycles. The van der Waals surface area contributed by atoms with Crippen LogP contribution in [0.15, 0.2) is 23.8 Å². The SMILES string of the molecule is CC1CCCC(C)N1C(=O)/C(C#N)=C/c1ccc2c(c1)OCO2. The highest BCUT2D eigenvalue weighted by molar-refractivity contribution is 6.02. The van der Waals surface area contributed by atoms with Crippen LogP contribution < -0.4 is 9.47 Å². The van der Waals surface area contributed by atoms with Gasteiger partial charge in [-0.2, -0.15) is 5.26 Å². The number of amides is 1. The van der Waals surface area contributed by atoms with E-state index in [2.05, 4.69) is 6.07 Å². The number of likely N-dealkylation sites (tertiary alicyclic amines) is 1. The molecule has 120 valence electrons. The highest BCUT2D eigenvalue weighted by Crippen LogP contribution is 2.33. The third-order valence-electron chi connectivity index (χ3n) is 4.49. The number of hydrogen-bond acceptors (Lipinski definition) is 4. The maximum Gasteiger partial charge on any atom is 0.265 e. The Labute approximate surface area is 136 Å². The van der Waals surface area contributed by atoms with Crippen molar-refractivity contribution in [1.29, 1.82) is 5.26 Å². The van der Waals surface area contributed by atoms with Gasteiger partial charge < -0.3 is 14.4 Å². The van der Waals surface area contributed by atoms with Gasteiger partial charge in [0.1, 0.15) is 11.6 Å². The third-order valence-corrected chi connectivity index (χ3v) is 4.49. The van der Waals surface area contributed by atoms with Gasteiger partial charge in [0, 0.05) is 12.1 Å². The van der Waals surface area contributed by atoms with Crippen LogP contribution in [0.5, 0.6) is 11.5 Å². The Hall–Kier alpha value is -2.48. The minimum Gasteiger partial charge on any atom is -0.454 e. The standard InChI is InChI=1S/C18H20N2O3/c1-12-4-3-5-13(2)20(12)18(21)15(10-19)8-14-6-7-16-17(9-14)23-11-22-16/h6-9,12-13H,3-5,11H2,1-2H3/b15-8+. The number of nitrogens with zero attached hydrogens (tertiary/aromatic N) is 2. The Bertz CT molecular complexity index is 680. The van der Waals surface area contributed by atoms with Gasteiger partial charge in [0.05, 0.1) is 0 Å². The van der Waals surface area contributed by atoms with Gasteiger partial charge in [-0.15, -0.1) is 0 Å². The first kappa shape index (κ1) is 15.4. The summed E-state index contributed by atoms with van der Waals surface area (Å²) < 4.78 is 10.6. The molecule has 0 N–H and O–H groups in total. The molecule has 1 amide bonds. The summed E-state index contributed by atoms with van der Waals surface area (Å²) in [6, 6.07) is 7.79. The van der Waals surface area contributed by atoms with Crippen LogP contribution in [0.4, 0.5) is 0 Å². The molecular weight excluding hydrogens is 292 g/mol. The summed E-state index contributed by atoms with van der Waals surface area (Å²) in [5.41, 5.74) is 0.918. The van der Waals surface area contributed by atoms with Crippen molar-refractivity contribution < 1.29 is 14.3 Å². The predicted molar refractivity (Wildman–Crippen MR) is 85.8 cm³/mol. The molecule has 0 bridgehead atoms. The molecule has 2 aliphatic heterocycles. The maximum atomic E-state index is 12.8. The van der Waals surface area contributed by atoms with E-state index in [1.54, 1.807) is 18.2 Å². The van der Waals surface area contributed by atoms with Crippen molar-refractivity contribution in [2.24, 2.45) is 0 Å². The molecule has 1 saturated heterocycles. The molecule has 0 saturated carbocycles. The molecule has 1 fully saturated rings. The smallest absolute Gasteiger partial charge is 0.265 e. The zero-order valence-corrected chi connectivity index (χ0v) is 13.4. The molecule has 2 aliphatic rings. The van der Waals surface area contributed by atoms with Crippen molar-refractivity contribution in [2.75, 3.05) is 6.79 Å². The maximum absolute atomic E-state index is 12.8. The minimum absolute atomic E-state index is 0.157. The van der Waals surface area contributed by atoms with Gasteiger partial charge in [-0.25, -0.2) is 0 Å². The molecule has 2 heterocycles. The molecule has 1 aromatic carbocycles. The average Bonchev–Trinajstić information content (AvgIpc) is 2.99. The number of ether oxygens (including phenoxy) is 2. The highest BCUT2D eigenvalue weighted by atomic mass is 16.7. The minimum atomic E-state index is -0.190. The molecule has 2 atom stereocenters. The number of fused-ring (bicyclic) bond motifs is 1. The van der Waals surface area contributed by atoms with Crippen LogP contribution in [0.3, 0.4) is 0 Å².